The molecule has 1 nitrogen and oxygen atoms in total. The third-order valence-electron chi connectivity index (χ3n) is 9.27. The lowest BCUT2D eigenvalue weighted by Crippen LogP contribution is -2.52. The van der Waals surface area contributed by atoms with Gasteiger partial charge in [0.2, 0.25) is 0 Å². The summed E-state index contributed by atoms with van der Waals surface area (Å²) in [6.45, 7) is 7.84. The highest BCUT2D eigenvalue weighted by atomic mass is 16.4. The lowest BCUT2D eigenvalue weighted by molar-refractivity contribution is -0.110. The molecule has 0 spiro atoms. The topological polar surface area (TPSA) is 9.23 Å². The second-order valence-electron chi connectivity index (χ2n) is 10.0. The maximum absolute atomic E-state index is 4.25. The molecule has 24 heavy (non-hydrogen) atoms. The first kappa shape index (κ1) is 18.7. The normalized spacial score (nSPS) is 50.1. The van der Waals surface area contributed by atoms with Crippen molar-refractivity contribution in [3.8, 4) is 0 Å². The van der Waals surface area contributed by atoms with Gasteiger partial charge in [0, 0.05) is 14.2 Å². The molecule has 0 aliphatic heterocycles. The fraction of sp³-hybridized carbons (Fsp3) is 1.00. The summed E-state index contributed by atoms with van der Waals surface area (Å²) in [6, 6.07) is 0. The van der Waals surface area contributed by atoms with Crippen LogP contribution in [0.4, 0.5) is 0 Å². The van der Waals surface area contributed by atoms with E-state index in [0.717, 1.165) is 35.0 Å². The molecule has 0 radical (unpaired) electrons. The first-order valence-electron chi connectivity index (χ1n) is 10.9. The number of hydrogen-bond donors (Lipinski definition) is 0. The van der Waals surface area contributed by atoms with Crippen LogP contribution in [-0.4, -0.2) is 14.2 Å². The van der Waals surface area contributed by atoms with Gasteiger partial charge in [-0.05, 0) is 91.8 Å². The molecule has 0 aromatic carbocycles. The van der Waals surface area contributed by atoms with Gasteiger partial charge in [-0.15, -0.1) is 0 Å². The Morgan fingerprint density at radius 2 is 1.50 bits per heavy atom. The third-order valence-corrected chi connectivity index (χ3v) is 9.27. The highest BCUT2D eigenvalue weighted by Crippen LogP contribution is 2.67. The van der Waals surface area contributed by atoms with E-state index in [1.54, 1.807) is 65.6 Å². The molecule has 4 rings (SSSR count). The Labute approximate surface area is 151 Å². The van der Waals surface area contributed by atoms with Crippen LogP contribution in [0.5, 0.6) is 0 Å². The molecule has 4 fully saturated rings. The molecule has 0 N–H and O–H groups in total. The SMILES string of the molecule is CCC1CCC2C3CCC4CCCCC4(C)C3CCC12C.COC. The monoisotopic (exact) mass is 334 g/mol. The maximum Gasteiger partial charge on any atom is 0.0351 e. The predicted molar refractivity (Wildman–Crippen MR) is 103 cm³/mol. The van der Waals surface area contributed by atoms with Crippen molar-refractivity contribution < 1.29 is 4.74 Å². The standard InChI is InChI=1S/C21H36.C2H6O/c1-4-15-9-11-18-17-10-8-16-7-5-6-13-20(16,2)19(17)12-14-21(15,18)3;1-3-2/h15-19H,4-14H2,1-3H3;1-2H3. The van der Waals surface area contributed by atoms with Gasteiger partial charge in [-0.1, -0.05) is 40.0 Å². The van der Waals surface area contributed by atoms with Crippen LogP contribution in [0.15, 0.2) is 0 Å². The molecule has 7 unspecified atom stereocenters. The van der Waals surface area contributed by atoms with Gasteiger partial charge in [-0.2, -0.15) is 0 Å². The lowest BCUT2D eigenvalue weighted by atomic mass is 9.45. The lowest BCUT2D eigenvalue weighted by Gasteiger charge is -2.60. The van der Waals surface area contributed by atoms with Gasteiger partial charge in [0.15, 0.2) is 0 Å². The number of rotatable bonds is 1. The second-order valence-corrected chi connectivity index (χ2v) is 10.0. The molecule has 4 aliphatic rings. The molecular weight excluding hydrogens is 292 g/mol. The number of fused-ring (bicyclic) bond motifs is 5. The van der Waals surface area contributed by atoms with E-state index in [0.29, 0.717) is 5.41 Å². The Kier molecular flexibility index (Phi) is 5.70. The van der Waals surface area contributed by atoms with E-state index in [1.165, 1.54) is 19.3 Å². The smallest absolute Gasteiger partial charge is 0.0351 e. The van der Waals surface area contributed by atoms with Gasteiger partial charge in [0.1, 0.15) is 0 Å². The molecule has 4 aliphatic carbocycles. The highest BCUT2D eigenvalue weighted by Gasteiger charge is 2.59. The van der Waals surface area contributed by atoms with E-state index >= 15 is 0 Å². The van der Waals surface area contributed by atoms with Crippen LogP contribution in [0.25, 0.3) is 0 Å². The molecule has 0 saturated heterocycles. The van der Waals surface area contributed by atoms with Crippen molar-refractivity contribution >= 4 is 0 Å². The predicted octanol–water partition coefficient (Wildman–Crippen LogP) is 6.71. The van der Waals surface area contributed by atoms with Crippen LogP contribution < -0.4 is 0 Å². The van der Waals surface area contributed by atoms with Crippen LogP contribution in [0.2, 0.25) is 0 Å². The van der Waals surface area contributed by atoms with Crippen LogP contribution in [-0.2, 0) is 4.74 Å². The first-order valence-corrected chi connectivity index (χ1v) is 10.9. The molecule has 7 atom stereocenters. The Bertz CT molecular complexity index is 418. The molecule has 140 valence electrons. The molecule has 0 aromatic rings. The van der Waals surface area contributed by atoms with Gasteiger partial charge < -0.3 is 4.74 Å². The van der Waals surface area contributed by atoms with E-state index in [2.05, 4.69) is 25.5 Å². The van der Waals surface area contributed by atoms with Crippen LogP contribution >= 0.6 is 0 Å². The Morgan fingerprint density at radius 3 is 2.21 bits per heavy atom. The highest BCUT2D eigenvalue weighted by molar-refractivity contribution is 5.08. The molecule has 0 aromatic heterocycles. The maximum atomic E-state index is 4.25. The van der Waals surface area contributed by atoms with Crippen LogP contribution in [0.1, 0.15) is 91.4 Å². The average Bonchev–Trinajstić information content (AvgIpc) is 2.91. The minimum atomic E-state index is 0.716. The van der Waals surface area contributed by atoms with Crippen molar-refractivity contribution in [3.05, 3.63) is 0 Å². The molecule has 4 saturated carbocycles. The summed E-state index contributed by atoms with van der Waals surface area (Å²) in [5.74, 6) is 5.39. The zero-order chi connectivity index (χ0) is 17.4. The van der Waals surface area contributed by atoms with Gasteiger partial charge >= 0.3 is 0 Å². The van der Waals surface area contributed by atoms with Crippen molar-refractivity contribution in [1.82, 2.24) is 0 Å². The fourth-order valence-corrected chi connectivity index (χ4v) is 8.07. The average molecular weight is 335 g/mol. The Balaban J connectivity index is 0.000000526. The van der Waals surface area contributed by atoms with Gasteiger partial charge in [-0.3, -0.25) is 0 Å². The van der Waals surface area contributed by atoms with Crippen molar-refractivity contribution in [3.63, 3.8) is 0 Å². The second kappa shape index (κ2) is 7.29. The van der Waals surface area contributed by atoms with Gasteiger partial charge in [0.25, 0.3) is 0 Å². The van der Waals surface area contributed by atoms with Crippen molar-refractivity contribution in [2.45, 2.75) is 91.4 Å². The number of methoxy groups -OCH3 is 1. The van der Waals surface area contributed by atoms with E-state index < -0.39 is 0 Å². The number of hydrogen-bond acceptors (Lipinski definition) is 1. The fourth-order valence-electron chi connectivity index (χ4n) is 8.07. The van der Waals surface area contributed by atoms with E-state index in [1.807, 2.05) is 0 Å². The summed E-state index contributed by atoms with van der Waals surface area (Å²) < 4.78 is 4.25. The van der Waals surface area contributed by atoms with Crippen molar-refractivity contribution in [2.24, 2.45) is 40.4 Å². The Morgan fingerprint density at radius 1 is 0.792 bits per heavy atom. The summed E-state index contributed by atoms with van der Waals surface area (Å²) in [5, 5.41) is 0. The quantitative estimate of drug-likeness (QED) is 0.518. The summed E-state index contributed by atoms with van der Waals surface area (Å²) in [4.78, 5) is 0. The van der Waals surface area contributed by atoms with Crippen LogP contribution in [0.3, 0.4) is 0 Å². The molecule has 1 heteroatoms. The minimum Gasteiger partial charge on any atom is -0.388 e. The first-order chi connectivity index (χ1) is 11.5. The molecule has 0 bridgehead atoms. The van der Waals surface area contributed by atoms with Gasteiger partial charge in [-0.25, -0.2) is 0 Å². The van der Waals surface area contributed by atoms with E-state index in [-0.39, 0.29) is 0 Å². The minimum absolute atomic E-state index is 0.716. The third kappa shape index (κ3) is 2.87. The van der Waals surface area contributed by atoms with E-state index in [4.69, 9.17) is 0 Å². The largest absolute Gasteiger partial charge is 0.388 e. The van der Waals surface area contributed by atoms with E-state index in [9.17, 15) is 0 Å². The molecular formula is C23H42O. The Hall–Kier alpha value is -0.0400. The van der Waals surface area contributed by atoms with Crippen molar-refractivity contribution in [1.29, 1.82) is 0 Å². The summed E-state index contributed by atoms with van der Waals surface area (Å²) in [6.07, 6.45) is 17.0. The van der Waals surface area contributed by atoms with Crippen LogP contribution in [0, 0.1) is 40.4 Å². The summed E-state index contributed by atoms with van der Waals surface area (Å²) in [7, 11) is 3.25. The zero-order valence-corrected chi connectivity index (χ0v) is 17.1. The molecule has 0 amide bonds. The molecule has 0 heterocycles. The zero-order valence-electron chi connectivity index (χ0n) is 17.1. The van der Waals surface area contributed by atoms with Crippen molar-refractivity contribution in [2.75, 3.05) is 14.2 Å². The summed E-state index contributed by atoms with van der Waals surface area (Å²) >= 11 is 0. The number of ether oxygens (including phenoxy) is 1. The summed E-state index contributed by atoms with van der Waals surface area (Å²) in [5.41, 5.74) is 1.45. The van der Waals surface area contributed by atoms with Gasteiger partial charge in [0.05, 0.1) is 0 Å².